The van der Waals surface area contributed by atoms with Crippen LogP contribution in [0.2, 0.25) is 0 Å². The van der Waals surface area contributed by atoms with Crippen LogP contribution >= 0.6 is 0 Å². The summed E-state index contributed by atoms with van der Waals surface area (Å²) in [5.74, 6) is 0.260. The van der Waals surface area contributed by atoms with Gasteiger partial charge in [-0.15, -0.1) is 0 Å². The lowest BCUT2D eigenvalue weighted by Gasteiger charge is -2.14. The summed E-state index contributed by atoms with van der Waals surface area (Å²) in [6.45, 7) is 2.47. The van der Waals surface area contributed by atoms with Gasteiger partial charge in [-0.05, 0) is 31.2 Å². The molecule has 0 saturated heterocycles. The molecule has 140 valence electrons. The lowest BCUT2D eigenvalue weighted by Crippen LogP contribution is -2.33. The first-order valence-corrected chi connectivity index (χ1v) is 7.94. The summed E-state index contributed by atoms with van der Waals surface area (Å²) in [5, 5.41) is 7.76. The second-order valence-corrected chi connectivity index (χ2v) is 5.13. The van der Waals surface area contributed by atoms with E-state index in [0.29, 0.717) is 18.0 Å². The van der Waals surface area contributed by atoms with Crippen LogP contribution < -0.4 is 20.7 Å². The maximum Gasteiger partial charge on any atom is 0.419 e. The van der Waals surface area contributed by atoms with Gasteiger partial charge in [0.15, 0.2) is 0 Å². The molecule has 0 saturated carbocycles. The molecular weight excluding hydrogens is 349 g/mol. The van der Waals surface area contributed by atoms with Crippen molar-refractivity contribution in [2.24, 2.45) is 0 Å². The van der Waals surface area contributed by atoms with Crippen molar-refractivity contribution in [1.29, 1.82) is 0 Å². The quantitative estimate of drug-likeness (QED) is 0.651. The van der Waals surface area contributed by atoms with Crippen molar-refractivity contribution in [3.05, 3.63) is 48.2 Å². The van der Waals surface area contributed by atoms with E-state index in [4.69, 9.17) is 4.74 Å². The van der Waals surface area contributed by atoms with Gasteiger partial charge in [0.2, 0.25) is 0 Å². The molecule has 2 amide bonds. The molecule has 0 aliphatic rings. The number of nitrogens with one attached hydrogen (secondary N) is 3. The van der Waals surface area contributed by atoms with E-state index >= 15 is 0 Å². The highest BCUT2D eigenvalue weighted by Gasteiger charge is 2.33. The highest BCUT2D eigenvalue weighted by atomic mass is 19.4. The number of pyridine rings is 1. The van der Waals surface area contributed by atoms with Gasteiger partial charge in [0.05, 0.1) is 17.9 Å². The van der Waals surface area contributed by atoms with Crippen molar-refractivity contribution in [1.82, 2.24) is 10.3 Å². The van der Waals surface area contributed by atoms with Crippen molar-refractivity contribution in [2.75, 3.05) is 30.3 Å². The maximum absolute atomic E-state index is 12.9. The number of alkyl halides is 3. The number of anilines is 2. The molecule has 1 aromatic heterocycles. The molecule has 0 atom stereocenters. The zero-order valence-electron chi connectivity index (χ0n) is 14.1. The summed E-state index contributed by atoms with van der Waals surface area (Å²) in [6, 6.07) is 8.61. The first-order valence-electron chi connectivity index (χ1n) is 7.94. The molecule has 26 heavy (non-hydrogen) atoms. The summed E-state index contributed by atoms with van der Waals surface area (Å²) in [5.41, 5.74) is -0.348. The molecule has 1 heterocycles. The molecule has 1 aromatic carbocycles. The first-order chi connectivity index (χ1) is 12.4. The number of ether oxygens (including phenoxy) is 1. The van der Waals surface area contributed by atoms with Gasteiger partial charge >= 0.3 is 12.2 Å². The molecule has 0 unspecified atom stereocenters. The minimum absolute atomic E-state index is 0.0839. The van der Waals surface area contributed by atoms with E-state index in [2.05, 4.69) is 20.9 Å². The van der Waals surface area contributed by atoms with E-state index in [-0.39, 0.29) is 18.9 Å². The average molecular weight is 368 g/mol. The number of halogens is 3. The van der Waals surface area contributed by atoms with E-state index in [1.165, 1.54) is 12.3 Å². The maximum atomic E-state index is 12.9. The Balaban J connectivity index is 1.83. The molecule has 2 aromatic rings. The minimum atomic E-state index is -4.50. The standard InChI is InChI=1S/C17H19F3N4O2/c1-2-26-14-8-4-3-7-13(14)24-16(25)23-11-10-22-15-12(17(18,19)20)6-5-9-21-15/h3-9H,2,10-11H2,1H3,(H,21,22)(H2,23,24,25). The number of nitrogens with zero attached hydrogens (tertiary/aromatic N) is 1. The summed E-state index contributed by atoms with van der Waals surface area (Å²) in [4.78, 5) is 15.6. The van der Waals surface area contributed by atoms with Crippen LogP contribution in [0, 0.1) is 0 Å². The van der Waals surface area contributed by atoms with Crippen LogP contribution in [0.3, 0.4) is 0 Å². The topological polar surface area (TPSA) is 75.3 Å². The normalized spacial score (nSPS) is 10.9. The summed E-state index contributed by atoms with van der Waals surface area (Å²) in [6.07, 6.45) is -3.23. The van der Waals surface area contributed by atoms with Gasteiger partial charge in [0.1, 0.15) is 11.6 Å². The number of hydrogen-bond donors (Lipinski definition) is 3. The van der Waals surface area contributed by atoms with Crippen molar-refractivity contribution in [3.8, 4) is 5.75 Å². The van der Waals surface area contributed by atoms with Crippen molar-refractivity contribution < 1.29 is 22.7 Å². The molecule has 6 nitrogen and oxygen atoms in total. The van der Waals surface area contributed by atoms with Crippen molar-refractivity contribution in [3.63, 3.8) is 0 Å². The Labute approximate surface area is 148 Å². The fourth-order valence-corrected chi connectivity index (χ4v) is 2.15. The summed E-state index contributed by atoms with van der Waals surface area (Å²) >= 11 is 0. The number of para-hydroxylation sites is 2. The van der Waals surface area contributed by atoms with Gasteiger partial charge in [-0.3, -0.25) is 0 Å². The monoisotopic (exact) mass is 368 g/mol. The Hall–Kier alpha value is -2.97. The number of rotatable bonds is 7. The molecule has 0 fully saturated rings. The summed E-state index contributed by atoms with van der Waals surface area (Å²) < 4.78 is 44.0. The Morgan fingerprint density at radius 1 is 1.15 bits per heavy atom. The SMILES string of the molecule is CCOc1ccccc1NC(=O)NCCNc1ncccc1C(F)(F)F. The largest absolute Gasteiger partial charge is 0.492 e. The first kappa shape index (κ1) is 19.4. The van der Waals surface area contributed by atoms with Crippen LogP contribution in [0.15, 0.2) is 42.6 Å². The van der Waals surface area contributed by atoms with Gasteiger partial charge in [-0.1, -0.05) is 12.1 Å². The third-order valence-electron chi connectivity index (χ3n) is 3.25. The van der Waals surface area contributed by atoms with Gasteiger partial charge in [-0.25, -0.2) is 9.78 Å². The zero-order chi connectivity index (χ0) is 19.0. The Bertz CT molecular complexity index is 738. The minimum Gasteiger partial charge on any atom is -0.492 e. The molecule has 0 bridgehead atoms. The molecule has 2 rings (SSSR count). The smallest absolute Gasteiger partial charge is 0.419 e. The second kappa shape index (κ2) is 8.93. The van der Waals surface area contributed by atoms with Gasteiger partial charge < -0.3 is 20.7 Å². The Morgan fingerprint density at radius 3 is 2.65 bits per heavy atom. The second-order valence-electron chi connectivity index (χ2n) is 5.13. The van der Waals surface area contributed by atoms with Crippen LogP contribution in [0.1, 0.15) is 12.5 Å². The Kier molecular flexibility index (Phi) is 6.65. The number of amides is 2. The number of hydrogen-bond acceptors (Lipinski definition) is 4. The van der Waals surface area contributed by atoms with Crippen molar-refractivity contribution in [2.45, 2.75) is 13.1 Å². The van der Waals surface area contributed by atoms with E-state index in [1.54, 1.807) is 24.3 Å². The highest BCUT2D eigenvalue weighted by molar-refractivity contribution is 5.90. The number of benzene rings is 1. The molecule has 0 aliphatic heterocycles. The fourth-order valence-electron chi connectivity index (χ4n) is 2.15. The van der Waals surface area contributed by atoms with Crippen LogP contribution in [-0.2, 0) is 6.18 Å². The van der Waals surface area contributed by atoms with Crippen molar-refractivity contribution >= 4 is 17.5 Å². The van der Waals surface area contributed by atoms with Gasteiger partial charge in [0, 0.05) is 19.3 Å². The number of carbonyl (C=O) groups excluding carboxylic acids is 1. The van der Waals surface area contributed by atoms with Crippen LogP contribution in [-0.4, -0.2) is 30.7 Å². The highest BCUT2D eigenvalue weighted by Crippen LogP contribution is 2.33. The van der Waals surface area contributed by atoms with Crippen LogP contribution in [0.4, 0.5) is 29.5 Å². The predicted octanol–water partition coefficient (Wildman–Crippen LogP) is 3.73. The third-order valence-corrected chi connectivity index (χ3v) is 3.25. The van der Waals surface area contributed by atoms with E-state index in [1.807, 2.05) is 6.92 Å². The van der Waals surface area contributed by atoms with Gasteiger partial charge in [0.25, 0.3) is 0 Å². The lowest BCUT2D eigenvalue weighted by molar-refractivity contribution is -0.137. The fraction of sp³-hybridized carbons (Fsp3) is 0.294. The molecule has 0 radical (unpaired) electrons. The van der Waals surface area contributed by atoms with Crippen LogP contribution in [0.5, 0.6) is 5.75 Å². The molecule has 0 spiro atoms. The zero-order valence-corrected chi connectivity index (χ0v) is 14.1. The number of carbonyl (C=O) groups is 1. The third kappa shape index (κ3) is 5.54. The van der Waals surface area contributed by atoms with E-state index < -0.39 is 17.8 Å². The van der Waals surface area contributed by atoms with E-state index in [9.17, 15) is 18.0 Å². The number of aromatic nitrogens is 1. The molecular formula is C17H19F3N4O2. The lowest BCUT2D eigenvalue weighted by atomic mass is 10.2. The summed E-state index contributed by atoms with van der Waals surface area (Å²) in [7, 11) is 0. The molecule has 9 heteroatoms. The Morgan fingerprint density at radius 2 is 1.92 bits per heavy atom. The van der Waals surface area contributed by atoms with E-state index in [0.717, 1.165) is 6.07 Å². The predicted molar refractivity (Wildman–Crippen MR) is 92.4 cm³/mol. The van der Waals surface area contributed by atoms with Gasteiger partial charge in [-0.2, -0.15) is 13.2 Å². The molecule has 0 aliphatic carbocycles. The molecule has 3 N–H and O–H groups in total. The number of urea groups is 1. The van der Waals surface area contributed by atoms with Crippen LogP contribution in [0.25, 0.3) is 0 Å². The average Bonchev–Trinajstić information content (AvgIpc) is 2.60.